The fourth-order valence-electron chi connectivity index (χ4n) is 3.26. The molecule has 1 aliphatic heterocycles. The van der Waals surface area contributed by atoms with Gasteiger partial charge < -0.3 is 9.88 Å². The van der Waals surface area contributed by atoms with Gasteiger partial charge >= 0.3 is 0 Å². The number of aromatic amines is 1. The van der Waals surface area contributed by atoms with Gasteiger partial charge in [-0.05, 0) is 42.9 Å². The Morgan fingerprint density at radius 2 is 2.09 bits per heavy atom. The molecule has 3 rings (SSSR count). The summed E-state index contributed by atoms with van der Waals surface area (Å²) in [5, 5.41) is 0.826. The molecular weight excluding hydrogens is 294 g/mol. The number of fused-ring (bicyclic) bond motifs is 1. The lowest BCUT2D eigenvalue weighted by Crippen LogP contribution is -2.43. The maximum absolute atomic E-state index is 12.4. The van der Waals surface area contributed by atoms with E-state index in [1.807, 2.05) is 11.0 Å². The van der Waals surface area contributed by atoms with Crippen molar-refractivity contribution in [2.24, 2.45) is 11.8 Å². The summed E-state index contributed by atoms with van der Waals surface area (Å²) in [6.45, 7) is 8.30. The second kappa shape index (κ2) is 6.32. The number of aryl methyl sites for hydroxylation is 1. The molecule has 1 fully saturated rings. The first kappa shape index (κ1) is 15.4. The molecule has 1 aromatic carbocycles. The summed E-state index contributed by atoms with van der Waals surface area (Å²) in [5.41, 5.74) is 3.20. The van der Waals surface area contributed by atoms with E-state index < -0.39 is 0 Å². The van der Waals surface area contributed by atoms with Gasteiger partial charge in [0.1, 0.15) is 0 Å². The summed E-state index contributed by atoms with van der Waals surface area (Å²) in [6.07, 6.45) is 1.22. The van der Waals surface area contributed by atoms with Gasteiger partial charge in [-0.25, -0.2) is 4.98 Å². The minimum absolute atomic E-state index is 0.222. The molecule has 1 aromatic heterocycles. The van der Waals surface area contributed by atoms with Crippen molar-refractivity contribution in [2.45, 2.75) is 32.3 Å². The summed E-state index contributed by atoms with van der Waals surface area (Å²) < 4.78 is 0. The number of rotatable bonds is 3. The zero-order valence-corrected chi connectivity index (χ0v) is 14.2. The molecule has 2 aromatic rings. The third kappa shape index (κ3) is 3.46. The Hall–Kier alpha value is -1.49. The van der Waals surface area contributed by atoms with Crippen LogP contribution in [0.1, 0.15) is 25.8 Å². The SMILES string of the molecule is Cc1ccc2nc(SCC(=O)N3C[C@H](C)C[C@H](C)C3)[nH]c2c1. The first-order chi connectivity index (χ1) is 10.5. The topological polar surface area (TPSA) is 49.0 Å². The zero-order chi connectivity index (χ0) is 15.7. The fourth-order valence-corrected chi connectivity index (χ4v) is 4.04. The van der Waals surface area contributed by atoms with Crippen LogP contribution in [0.3, 0.4) is 0 Å². The number of imidazole rings is 1. The number of carbonyl (C=O) groups excluding carboxylic acids is 1. The highest BCUT2D eigenvalue weighted by atomic mass is 32.2. The predicted octanol–water partition coefficient (Wildman–Crippen LogP) is 3.47. The normalized spacial score (nSPS) is 22.2. The second-order valence-electron chi connectivity index (χ2n) is 6.60. The largest absolute Gasteiger partial charge is 0.341 e. The Morgan fingerprint density at radius 1 is 1.36 bits per heavy atom. The average molecular weight is 317 g/mol. The quantitative estimate of drug-likeness (QED) is 0.882. The summed E-state index contributed by atoms with van der Waals surface area (Å²) in [7, 11) is 0. The van der Waals surface area contributed by atoms with E-state index in [1.54, 1.807) is 0 Å². The zero-order valence-electron chi connectivity index (χ0n) is 13.4. The molecule has 1 amide bonds. The molecule has 0 radical (unpaired) electrons. The third-order valence-corrected chi connectivity index (χ3v) is 5.03. The van der Waals surface area contributed by atoms with Crippen LogP contribution in [-0.4, -0.2) is 39.6 Å². The molecule has 0 saturated carbocycles. The Kier molecular flexibility index (Phi) is 4.43. The van der Waals surface area contributed by atoms with Crippen molar-refractivity contribution in [1.82, 2.24) is 14.9 Å². The maximum atomic E-state index is 12.4. The minimum atomic E-state index is 0.222. The van der Waals surface area contributed by atoms with Crippen LogP contribution < -0.4 is 0 Å². The van der Waals surface area contributed by atoms with Crippen LogP contribution in [0.15, 0.2) is 23.4 Å². The number of H-pyrrole nitrogens is 1. The number of piperidine rings is 1. The van der Waals surface area contributed by atoms with Crippen LogP contribution in [-0.2, 0) is 4.79 Å². The van der Waals surface area contributed by atoms with Gasteiger partial charge in [0.2, 0.25) is 5.91 Å². The number of amides is 1. The van der Waals surface area contributed by atoms with Crippen LogP contribution >= 0.6 is 11.8 Å². The molecule has 4 nitrogen and oxygen atoms in total. The van der Waals surface area contributed by atoms with E-state index in [2.05, 4.69) is 42.9 Å². The highest BCUT2D eigenvalue weighted by Gasteiger charge is 2.25. The standard InChI is InChI=1S/C17H23N3OS/c1-11-4-5-14-15(7-11)19-17(18-14)22-10-16(21)20-8-12(2)6-13(3)9-20/h4-5,7,12-13H,6,8-10H2,1-3H3,(H,18,19)/t12-,13+. The molecular formula is C17H23N3OS. The number of benzene rings is 1. The van der Waals surface area contributed by atoms with Gasteiger partial charge in [-0.1, -0.05) is 31.7 Å². The van der Waals surface area contributed by atoms with Gasteiger partial charge in [-0.15, -0.1) is 0 Å². The molecule has 0 aliphatic carbocycles. The lowest BCUT2D eigenvalue weighted by molar-refractivity contribution is -0.130. The van der Waals surface area contributed by atoms with Crippen molar-refractivity contribution >= 4 is 28.7 Å². The van der Waals surface area contributed by atoms with E-state index in [9.17, 15) is 4.79 Å². The highest BCUT2D eigenvalue weighted by Crippen LogP contribution is 2.24. The number of carbonyl (C=O) groups is 1. The van der Waals surface area contributed by atoms with E-state index in [-0.39, 0.29) is 5.91 Å². The summed E-state index contributed by atoms with van der Waals surface area (Å²) in [5.74, 6) is 1.89. The molecule has 0 spiro atoms. The van der Waals surface area contributed by atoms with E-state index in [4.69, 9.17) is 0 Å². The van der Waals surface area contributed by atoms with Gasteiger partial charge in [-0.3, -0.25) is 4.79 Å². The Labute approximate surface area is 135 Å². The van der Waals surface area contributed by atoms with Crippen LogP contribution in [0.25, 0.3) is 11.0 Å². The fraction of sp³-hybridized carbons (Fsp3) is 0.529. The van der Waals surface area contributed by atoms with Crippen molar-refractivity contribution in [3.05, 3.63) is 23.8 Å². The number of aromatic nitrogens is 2. The van der Waals surface area contributed by atoms with Crippen LogP contribution in [0.4, 0.5) is 0 Å². The third-order valence-electron chi connectivity index (χ3n) is 4.17. The van der Waals surface area contributed by atoms with Crippen LogP contribution in [0.2, 0.25) is 0 Å². The molecule has 118 valence electrons. The van der Waals surface area contributed by atoms with Gasteiger partial charge in [0.25, 0.3) is 0 Å². The Balaban J connectivity index is 1.62. The molecule has 5 heteroatoms. The van der Waals surface area contributed by atoms with Crippen LogP contribution in [0.5, 0.6) is 0 Å². The minimum Gasteiger partial charge on any atom is -0.341 e. The molecule has 1 saturated heterocycles. The number of thioether (sulfide) groups is 1. The number of hydrogen-bond donors (Lipinski definition) is 1. The molecule has 0 bridgehead atoms. The highest BCUT2D eigenvalue weighted by molar-refractivity contribution is 7.99. The van der Waals surface area contributed by atoms with Crippen molar-refractivity contribution in [2.75, 3.05) is 18.8 Å². The lowest BCUT2D eigenvalue weighted by atomic mass is 9.92. The Morgan fingerprint density at radius 3 is 2.82 bits per heavy atom. The molecule has 22 heavy (non-hydrogen) atoms. The monoisotopic (exact) mass is 317 g/mol. The van der Waals surface area contributed by atoms with Crippen molar-refractivity contribution in [1.29, 1.82) is 0 Å². The van der Waals surface area contributed by atoms with E-state index in [0.29, 0.717) is 17.6 Å². The number of hydrogen-bond acceptors (Lipinski definition) is 3. The van der Waals surface area contributed by atoms with Gasteiger partial charge in [-0.2, -0.15) is 0 Å². The van der Waals surface area contributed by atoms with Crippen LogP contribution in [0, 0.1) is 18.8 Å². The maximum Gasteiger partial charge on any atom is 0.233 e. The molecule has 1 N–H and O–H groups in total. The molecule has 2 atom stereocenters. The summed E-state index contributed by atoms with van der Waals surface area (Å²) in [6, 6.07) is 6.16. The van der Waals surface area contributed by atoms with E-state index >= 15 is 0 Å². The summed E-state index contributed by atoms with van der Waals surface area (Å²) >= 11 is 1.50. The van der Waals surface area contributed by atoms with E-state index in [0.717, 1.165) is 29.3 Å². The molecule has 0 unspecified atom stereocenters. The van der Waals surface area contributed by atoms with E-state index in [1.165, 1.54) is 23.7 Å². The van der Waals surface area contributed by atoms with Crippen molar-refractivity contribution in [3.63, 3.8) is 0 Å². The molecule has 2 heterocycles. The van der Waals surface area contributed by atoms with Crippen molar-refractivity contribution in [3.8, 4) is 0 Å². The van der Waals surface area contributed by atoms with Gasteiger partial charge in [0.05, 0.1) is 16.8 Å². The number of nitrogens with zero attached hydrogens (tertiary/aromatic N) is 2. The first-order valence-electron chi connectivity index (χ1n) is 7.88. The first-order valence-corrected chi connectivity index (χ1v) is 8.87. The number of nitrogens with one attached hydrogen (secondary N) is 1. The Bertz CT molecular complexity index is 672. The molecule has 1 aliphatic rings. The van der Waals surface area contributed by atoms with Crippen molar-refractivity contribution < 1.29 is 4.79 Å². The average Bonchev–Trinajstić information content (AvgIpc) is 2.85. The lowest BCUT2D eigenvalue weighted by Gasteiger charge is -2.34. The van der Waals surface area contributed by atoms with Gasteiger partial charge in [0, 0.05) is 13.1 Å². The van der Waals surface area contributed by atoms with Gasteiger partial charge in [0.15, 0.2) is 5.16 Å². The number of likely N-dealkylation sites (tertiary alicyclic amines) is 1. The second-order valence-corrected chi connectivity index (χ2v) is 7.56. The smallest absolute Gasteiger partial charge is 0.233 e. The summed E-state index contributed by atoms with van der Waals surface area (Å²) in [4.78, 5) is 22.2. The predicted molar refractivity (Wildman–Crippen MR) is 91.1 cm³/mol.